The first-order valence-corrected chi connectivity index (χ1v) is 11.0. The molecule has 2 heterocycles. The number of hydrogen-bond acceptors (Lipinski definition) is 5. The lowest BCUT2D eigenvalue weighted by Crippen LogP contribution is -2.33. The number of nitrogens with zero attached hydrogens (tertiary/aromatic N) is 2. The van der Waals surface area contributed by atoms with E-state index >= 15 is 0 Å². The van der Waals surface area contributed by atoms with E-state index in [9.17, 15) is 14.0 Å². The highest BCUT2D eigenvalue weighted by Crippen LogP contribution is 2.29. The summed E-state index contributed by atoms with van der Waals surface area (Å²) in [4.78, 5) is 27.0. The fourth-order valence-corrected chi connectivity index (χ4v) is 4.30. The predicted octanol–water partition coefficient (Wildman–Crippen LogP) is 2.73. The van der Waals surface area contributed by atoms with Crippen LogP contribution in [-0.4, -0.2) is 55.7 Å². The van der Waals surface area contributed by atoms with Crippen molar-refractivity contribution in [2.45, 2.75) is 26.0 Å². The third-order valence-electron chi connectivity index (χ3n) is 6.09. The van der Waals surface area contributed by atoms with Crippen molar-refractivity contribution in [1.82, 2.24) is 10.2 Å². The average Bonchev–Trinajstić information content (AvgIpc) is 3.39. The molecule has 0 spiro atoms. The smallest absolute Gasteiger partial charge is 0.414 e. The maximum absolute atomic E-state index is 14.9. The minimum atomic E-state index is -0.546. The quantitative estimate of drug-likeness (QED) is 0.691. The van der Waals surface area contributed by atoms with Crippen LogP contribution in [0.1, 0.15) is 18.9 Å². The van der Waals surface area contributed by atoms with Gasteiger partial charge in [-0.2, -0.15) is 0 Å². The van der Waals surface area contributed by atoms with E-state index < -0.39 is 18.0 Å². The topological polar surface area (TPSA) is 87.9 Å². The van der Waals surface area contributed by atoms with Gasteiger partial charge in [-0.3, -0.25) is 14.6 Å². The van der Waals surface area contributed by atoms with Crippen LogP contribution in [0.4, 0.5) is 14.9 Å². The van der Waals surface area contributed by atoms with Crippen molar-refractivity contribution in [3.63, 3.8) is 0 Å². The second-order valence-corrected chi connectivity index (χ2v) is 8.54. The van der Waals surface area contributed by atoms with Gasteiger partial charge in [-0.1, -0.05) is 24.3 Å². The molecule has 0 aliphatic carbocycles. The van der Waals surface area contributed by atoms with Crippen LogP contribution < -0.4 is 16.0 Å². The number of hydrogen-bond donors (Lipinski definition) is 2. The standard InChI is InChI=1S/C24H29FN4O3/c1-16(30)27-12-21-15-29(24(31)32-21)20-6-7-22(23(25)10-20)19-4-2-17(3-5-19)13-28-9-8-18(11-26)14-28/h2-7,10,18,21H,8-9,11-15,26H2,1H3,(H,27,30)/t18-,21-/m0/s1. The summed E-state index contributed by atoms with van der Waals surface area (Å²) in [6.07, 6.45) is 0.137. The molecule has 3 N–H and O–H groups in total. The van der Waals surface area contributed by atoms with Gasteiger partial charge in [0.05, 0.1) is 18.8 Å². The van der Waals surface area contributed by atoms with E-state index in [1.54, 1.807) is 12.1 Å². The van der Waals surface area contributed by atoms with Crippen molar-refractivity contribution >= 4 is 17.7 Å². The van der Waals surface area contributed by atoms with Gasteiger partial charge < -0.3 is 15.8 Å². The van der Waals surface area contributed by atoms with Crippen molar-refractivity contribution in [1.29, 1.82) is 0 Å². The molecule has 32 heavy (non-hydrogen) atoms. The Morgan fingerprint density at radius 1 is 1.22 bits per heavy atom. The number of anilines is 1. The fourth-order valence-electron chi connectivity index (χ4n) is 4.30. The van der Waals surface area contributed by atoms with Crippen LogP contribution in [0, 0.1) is 11.7 Å². The van der Waals surface area contributed by atoms with E-state index in [-0.39, 0.29) is 19.0 Å². The minimum absolute atomic E-state index is 0.193. The van der Waals surface area contributed by atoms with Crippen LogP contribution in [-0.2, 0) is 16.1 Å². The highest BCUT2D eigenvalue weighted by atomic mass is 19.1. The van der Waals surface area contributed by atoms with E-state index in [0.717, 1.165) is 38.2 Å². The first-order valence-electron chi connectivity index (χ1n) is 11.0. The average molecular weight is 441 g/mol. The van der Waals surface area contributed by atoms with Crippen molar-refractivity contribution in [3.8, 4) is 11.1 Å². The highest BCUT2D eigenvalue weighted by Gasteiger charge is 2.32. The number of carbonyl (C=O) groups excluding carboxylic acids is 2. The van der Waals surface area contributed by atoms with Crippen molar-refractivity contribution < 1.29 is 18.7 Å². The van der Waals surface area contributed by atoms with Crippen molar-refractivity contribution in [2.24, 2.45) is 11.7 Å². The van der Waals surface area contributed by atoms with Crippen molar-refractivity contribution in [2.75, 3.05) is 37.6 Å². The van der Waals surface area contributed by atoms with E-state index in [1.165, 1.54) is 23.5 Å². The number of nitrogens with one attached hydrogen (secondary N) is 1. The number of amides is 2. The van der Waals surface area contributed by atoms with E-state index in [2.05, 4.69) is 10.2 Å². The molecule has 0 saturated carbocycles. The number of rotatable bonds is 7. The lowest BCUT2D eigenvalue weighted by Gasteiger charge is -2.16. The largest absolute Gasteiger partial charge is 0.442 e. The van der Waals surface area contributed by atoms with Crippen LogP contribution in [0.2, 0.25) is 0 Å². The van der Waals surface area contributed by atoms with Gasteiger partial charge in [0.15, 0.2) is 0 Å². The summed E-state index contributed by atoms with van der Waals surface area (Å²) < 4.78 is 20.2. The molecule has 4 rings (SSSR count). The summed E-state index contributed by atoms with van der Waals surface area (Å²) >= 11 is 0. The number of ether oxygens (including phenoxy) is 1. The molecule has 7 nitrogen and oxygen atoms in total. The van der Waals surface area contributed by atoms with E-state index in [0.29, 0.717) is 17.2 Å². The van der Waals surface area contributed by atoms with Gasteiger partial charge in [0.2, 0.25) is 5.91 Å². The molecular formula is C24H29FN4O3. The first kappa shape index (κ1) is 22.2. The summed E-state index contributed by atoms with van der Waals surface area (Å²) in [5.74, 6) is -0.0183. The molecule has 0 aromatic heterocycles. The summed E-state index contributed by atoms with van der Waals surface area (Å²) in [5.41, 5.74) is 8.65. The van der Waals surface area contributed by atoms with Gasteiger partial charge >= 0.3 is 6.09 Å². The Kier molecular flexibility index (Phi) is 6.72. The molecule has 170 valence electrons. The second-order valence-electron chi connectivity index (χ2n) is 8.54. The predicted molar refractivity (Wildman–Crippen MR) is 121 cm³/mol. The van der Waals surface area contributed by atoms with Crippen LogP contribution in [0.3, 0.4) is 0 Å². The summed E-state index contributed by atoms with van der Waals surface area (Å²) in [7, 11) is 0. The number of cyclic esters (lactones) is 1. The zero-order valence-electron chi connectivity index (χ0n) is 18.2. The molecule has 0 bridgehead atoms. The summed E-state index contributed by atoms with van der Waals surface area (Å²) in [6.45, 7) is 5.58. The number of likely N-dealkylation sites (tertiary alicyclic amines) is 1. The molecule has 2 aliphatic heterocycles. The van der Waals surface area contributed by atoms with Crippen molar-refractivity contribution in [3.05, 3.63) is 53.8 Å². The van der Waals surface area contributed by atoms with Gasteiger partial charge in [-0.15, -0.1) is 0 Å². The van der Waals surface area contributed by atoms with E-state index in [4.69, 9.17) is 10.5 Å². The lowest BCUT2D eigenvalue weighted by molar-refractivity contribution is -0.119. The zero-order valence-corrected chi connectivity index (χ0v) is 18.2. The molecular weight excluding hydrogens is 411 g/mol. The van der Waals surface area contributed by atoms with Crippen LogP contribution in [0.5, 0.6) is 0 Å². The van der Waals surface area contributed by atoms with Gasteiger partial charge in [-0.05, 0) is 54.8 Å². The van der Waals surface area contributed by atoms with Gasteiger partial charge in [-0.25, -0.2) is 9.18 Å². The summed E-state index contributed by atoms with van der Waals surface area (Å²) in [6, 6.07) is 12.7. The SMILES string of the molecule is CC(=O)NC[C@H]1CN(c2ccc(-c3ccc(CN4CC[C@@H](CN)C4)cc3)c(F)c2)C(=O)O1. The molecule has 0 unspecified atom stereocenters. The summed E-state index contributed by atoms with van der Waals surface area (Å²) in [5, 5.41) is 2.63. The Labute approximate surface area is 187 Å². The molecule has 2 aromatic rings. The van der Waals surface area contributed by atoms with Crippen LogP contribution in [0.15, 0.2) is 42.5 Å². The number of benzene rings is 2. The Morgan fingerprint density at radius 3 is 2.66 bits per heavy atom. The maximum atomic E-state index is 14.9. The maximum Gasteiger partial charge on any atom is 0.414 e. The Hall–Kier alpha value is -2.97. The highest BCUT2D eigenvalue weighted by molar-refractivity contribution is 5.90. The van der Waals surface area contributed by atoms with Gasteiger partial charge in [0.1, 0.15) is 11.9 Å². The molecule has 2 atom stereocenters. The number of nitrogens with two attached hydrogens (primary N) is 1. The van der Waals surface area contributed by atoms with Crippen LogP contribution in [0.25, 0.3) is 11.1 Å². The monoisotopic (exact) mass is 440 g/mol. The number of halogens is 1. The first-order chi connectivity index (χ1) is 15.4. The Morgan fingerprint density at radius 2 is 2.00 bits per heavy atom. The Bertz CT molecular complexity index is 982. The molecule has 2 aliphatic rings. The third-order valence-corrected chi connectivity index (χ3v) is 6.09. The molecule has 2 amide bonds. The third kappa shape index (κ3) is 5.08. The number of carbonyl (C=O) groups is 2. The lowest BCUT2D eigenvalue weighted by atomic mass is 10.0. The normalized spacial score (nSPS) is 21.1. The van der Waals surface area contributed by atoms with E-state index in [1.807, 2.05) is 24.3 Å². The van der Waals surface area contributed by atoms with Gasteiger partial charge in [0, 0.05) is 25.6 Å². The molecule has 2 saturated heterocycles. The minimum Gasteiger partial charge on any atom is -0.442 e. The molecule has 2 aromatic carbocycles. The van der Waals surface area contributed by atoms with Gasteiger partial charge in [0.25, 0.3) is 0 Å². The molecule has 2 fully saturated rings. The fraction of sp³-hybridized carbons (Fsp3) is 0.417. The second kappa shape index (κ2) is 9.67. The molecule has 8 heteroatoms. The van der Waals surface area contributed by atoms with Crippen LogP contribution >= 0.6 is 0 Å². The molecule has 0 radical (unpaired) electrons. The zero-order chi connectivity index (χ0) is 22.7. The Balaban J connectivity index is 1.41.